The summed E-state index contributed by atoms with van der Waals surface area (Å²) in [4.78, 5) is 28.4. The van der Waals surface area contributed by atoms with Crippen molar-refractivity contribution in [1.82, 2.24) is 14.9 Å². The first kappa shape index (κ1) is 19.8. The normalized spacial score (nSPS) is 11.9. The molecule has 1 aromatic heterocycles. The molecule has 0 aliphatic rings. The topological polar surface area (TPSA) is 66.9 Å². The zero-order valence-corrected chi connectivity index (χ0v) is 16.8. The Kier molecular flexibility index (Phi) is 5.90. The third-order valence-electron chi connectivity index (χ3n) is 4.75. The molecule has 0 saturated carbocycles. The fourth-order valence-corrected chi connectivity index (χ4v) is 3.42. The van der Waals surface area contributed by atoms with Gasteiger partial charge in [0.05, 0.1) is 16.9 Å². The third-order valence-corrected chi connectivity index (χ3v) is 5.07. The lowest BCUT2D eigenvalue weighted by Crippen LogP contribution is -2.28. The number of aromatic amines is 1. The number of aromatic nitrogens is 2. The highest BCUT2D eigenvalue weighted by molar-refractivity contribution is 7.71. The number of benzene rings is 2. The second-order valence-electron chi connectivity index (χ2n) is 6.74. The van der Waals surface area contributed by atoms with Crippen molar-refractivity contribution in [3.63, 3.8) is 0 Å². The number of hydrogen-bond acceptors (Lipinski definition) is 3. The molecule has 0 fully saturated rings. The molecule has 0 bridgehead atoms. The lowest BCUT2D eigenvalue weighted by molar-refractivity contribution is 0.0935. The van der Waals surface area contributed by atoms with Gasteiger partial charge < -0.3 is 10.3 Å². The van der Waals surface area contributed by atoms with Crippen molar-refractivity contribution in [3.8, 4) is 0 Å². The van der Waals surface area contributed by atoms with E-state index in [1.54, 1.807) is 24.3 Å². The molecule has 2 N–H and O–H groups in total. The van der Waals surface area contributed by atoms with Crippen molar-refractivity contribution < 1.29 is 4.79 Å². The van der Waals surface area contributed by atoms with Crippen molar-refractivity contribution >= 4 is 29.0 Å². The number of H-pyrrole nitrogens is 1. The fourth-order valence-electron chi connectivity index (χ4n) is 3.15. The Morgan fingerprint density at radius 2 is 2.00 bits per heavy atom. The van der Waals surface area contributed by atoms with Crippen molar-refractivity contribution in [2.24, 2.45) is 0 Å². The number of rotatable bonds is 6. The minimum Gasteiger partial charge on any atom is -0.345 e. The second kappa shape index (κ2) is 8.35. The van der Waals surface area contributed by atoms with E-state index in [-0.39, 0.29) is 17.5 Å². The van der Waals surface area contributed by atoms with Crippen molar-refractivity contribution in [3.05, 3.63) is 86.9 Å². The van der Waals surface area contributed by atoms with Crippen LogP contribution >= 0.6 is 12.2 Å². The molecule has 0 aliphatic carbocycles. The van der Waals surface area contributed by atoms with Crippen LogP contribution in [0.5, 0.6) is 0 Å². The number of carbonyl (C=O) groups excluding carboxylic acids is 1. The number of nitrogens with zero attached hydrogens (tertiary/aromatic N) is 1. The number of aryl methyl sites for hydroxylation is 1. The van der Waals surface area contributed by atoms with Crippen LogP contribution in [0.1, 0.15) is 40.9 Å². The molecule has 144 valence electrons. The lowest BCUT2D eigenvalue weighted by atomic mass is 10.0. The highest BCUT2D eigenvalue weighted by Crippen LogP contribution is 2.19. The van der Waals surface area contributed by atoms with Crippen molar-refractivity contribution in [2.75, 3.05) is 0 Å². The lowest BCUT2D eigenvalue weighted by Gasteiger charge is -2.18. The van der Waals surface area contributed by atoms with Gasteiger partial charge in [0.2, 0.25) is 0 Å². The van der Waals surface area contributed by atoms with Crippen LogP contribution in [-0.2, 0) is 6.54 Å². The van der Waals surface area contributed by atoms with Crippen molar-refractivity contribution in [2.45, 2.75) is 32.9 Å². The summed E-state index contributed by atoms with van der Waals surface area (Å²) in [7, 11) is 0. The molecule has 1 amide bonds. The quantitative estimate of drug-likeness (QED) is 0.481. The minimum absolute atomic E-state index is 0.0807. The van der Waals surface area contributed by atoms with Crippen LogP contribution in [0.3, 0.4) is 0 Å². The molecule has 1 heterocycles. The molecular weight excluding hydrogens is 370 g/mol. The molecule has 1 unspecified atom stereocenters. The molecule has 5 nitrogen and oxygen atoms in total. The first-order valence-corrected chi connectivity index (χ1v) is 9.60. The maximum atomic E-state index is 12.8. The maximum Gasteiger partial charge on any atom is 0.262 e. The van der Waals surface area contributed by atoms with Gasteiger partial charge in [-0.05, 0) is 49.3 Å². The number of nitrogens with one attached hydrogen (secondary N) is 2. The van der Waals surface area contributed by atoms with E-state index < -0.39 is 0 Å². The molecule has 0 radical (unpaired) electrons. The van der Waals surface area contributed by atoms with E-state index in [9.17, 15) is 9.59 Å². The van der Waals surface area contributed by atoms with Gasteiger partial charge in [-0.15, -0.1) is 6.58 Å². The van der Waals surface area contributed by atoms with Crippen LogP contribution in [0, 0.1) is 11.7 Å². The first-order chi connectivity index (χ1) is 13.4. The molecule has 3 aromatic rings. The summed E-state index contributed by atoms with van der Waals surface area (Å²) in [5.74, 6) is -0.191. The molecule has 0 aliphatic heterocycles. The van der Waals surface area contributed by atoms with E-state index in [1.165, 1.54) is 10.1 Å². The van der Waals surface area contributed by atoms with Gasteiger partial charge in [0.15, 0.2) is 4.77 Å². The zero-order chi connectivity index (χ0) is 20.3. The maximum absolute atomic E-state index is 12.8. The third kappa shape index (κ3) is 3.97. The molecule has 3 rings (SSSR count). The van der Waals surface area contributed by atoms with E-state index >= 15 is 0 Å². The largest absolute Gasteiger partial charge is 0.345 e. The summed E-state index contributed by atoms with van der Waals surface area (Å²) < 4.78 is 1.75. The van der Waals surface area contributed by atoms with E-state index in [2.05, 4.69) is 16.9 Å². The Labute approximate surface area is 168 Å². The SMILES string of the molecule is C=CCn1c(=S)[nH]c2cc(C(=O)NC(CC)c3ccc(C)cc3)ccc2c1=O. The summed E-state index contributed by atoms with van der Waals surface area (Å²) in [6, 6.07) is 13.0. The van der Waals surface area contributed by atoms with Gasteiger partial charge in [-0.25, -0.2) is 0 Å². The fraction of sp³-hybridized carbons (Fsp3) is 0.227. The van der Waals surface area contributed by atoms with Gasteiger partial charge in [-0.3, -0.25) is 14.2 Å². The molecule has 0 saturated heterocycles. The molecule has 1 atom stereocenters. The Hall–Kier alpha value is -2.99. The second-order valence-corrected chi connectivity index (χ2v) is 7.13. The van der Waals surface area contributed by atoms with Gasteiger partial charge in [0.25, 0.3) is 11.5 Å². The van der Waals surface area contributed by atoms with E-state index in [0.29, 0.717) is 27.8 Å². The summed E-state index contributed by atoms with van der Waals surface area (Å²) in [6.45, 7) is 8.05. The van der Waals surface area contributed by atoms with Crippen LogP contribution in [0.2, 0.25) is 0 Å². The van der Waals surface area contributed by atoms with E-state index in [1.807, 2.05) is 38.1 Å². The highest BCUT2D eigenvalue weighted by Gasteiger charge is 2.15. The average Bonchev–Trinajstić information content (AvgIpc) is 2.69. The van der Waals surface area contributed by atoms with E-state index in [4.69, 9.17) is 12.2 Å². The van der Waals surface area contributed by atoms with Crippen molar-refractivity contribution in [1.29, 1.82) is 0 Å². The highest BCUT2D eigenvalue weighted by atomic mass is 32.1. The Morgan fingerprint density at radius 3 is 2.64 bits per heavy atom. The minimum atomic E-state index is -0.198. The van der Waals surface area contributed by atoms with Crippen LogP contribution in [0.15, 0.2) is 59.9 Å². The summed E-state index contributed by atoms with van der Waals surface area (Å²) in [5.41, 5.74) is 3.07. The van der Waals surface area contributed by atoms with Gasteiger partial charge >= 0.3 is 0 Å². The van der Waals surface area contributed by atoms with Crippen LogP contribution < -0.4 is 10.9 Å². The Bertz CT molecular complexity index is 1140. The van der Waals surface area contributed by atoms with Gasteiger partial charge in [0, 0.05) is 12.1 Å². The Balaban J connectivity index is 1.92. The summed E-state index contributed by atoms with van der Waals surface area (Å²) in [6.07, 6.45) is 2.39. The van der Waals surface area contributed by atoms with E-state index in [0.717, 1.165) is 12.0 Å². The number of carbonyl (C=O) groups is 1. The number of amides is 1. The van der Waals surface area contributed by atoms with Crippen LogP contribution in [0.4, 0.5) is 0 Å². The summed E-state index contributed by atoms with van der Waals surface area (Å²) >= 11 is 5.26. The smallest absolute Gasteiger partial charge is 0.262 e. The van der Waals surface area contributed by atoms with Crippen LogP contribution in [0.25, 0.3) is 10.9 Å². The average molecular weight is 394 g/mol. The molecule has 28 heavy (non-hydrogen) atoms. The molecular formula is C22H23N3O2S. The predicted molar refractivity (Wildman–Crippen MR) is 115 cm³/mol. The Morgan fingerprint density at radius 1 is 1.29 bits per heavy atom. The van der Waals surface area contributed by atoms with Gasteiger partial charge in [-0.2, -0.15) is 0 Å². The molecule has 6 heteroatoms. The zero-order valence-electron chi connectivity index (χ0n) is 16.0. The number of fused-ring (bicyclic) bond motifs is 1. The summed E-state index contributed by atoms with van der Waals surface area (Å²) in [5, 5.41) is 3.55. The number of allylic oxidation sites excluding steroid dienone is 1. The monoisotopic (exact) mass is 393 g/mol. The molecule has 0 spiro atoms. The first-order valence-electron chi connectivity index (χ1n) is 9.19. The van der Waals surface area contributed by atoms with Crippen LogP contribution in [-0.4, -0.2) is 15.5 Å². The number of hydrogen-bond donors (Lipinski definition) is 2. The predicted octanol–water partition coefficient (Wildman–Crippen LogP) is 4.43. The van der Waals surface area contributed by atoms with Gasteiger partial charge in [0.1, 0.15) is 0 Å². The van der Waals surface area contributed by atoms with Gasteiger partial charge in [-0.1, -0.05) is 42.8 Å². The standard InChI is InChI=1S/C22H23N3O2S/c1-4-12-25-21(27)17-11-10-16(13-19(17)24-22(25)28)20(26)23-18(5-2)15-8-6-14(3)7-9-15/h4,6-11,13,18H,1,5,12H2,2-3H3,(H,23,26)(H,24,28). The molecule has 2 aromatic carbocycles.